The highest BCUT2D eigenvalue weighted by Crippen LogP contribution is 2.28. The number of hydrogen-bond donors (Lipinski definition) is 2. The van der Waals surface area contributed by atoms with Gasteiger partial charge in [0.2, 0.25) is 5.43 Å². The van der Waals surface area contributed by atoms with Crippen LogP contribution in [-0.2, 0) is 4.74 Å². The van der Waals surface area contributed by atoms with Gasteiger partial charge in [-0.3, -0.25) is 9.69 Å². The largest absolute Gasteiger partial charge is 0.442 e. The fourth-order valence-corrected chi connectivity index (χ4v) is 4.00. The molecule has 2 N–H and O–H groups in total. The van der Waals surface area contributed by atoms with E-state index in [-0.39, 0.29) is 29.9 Å². The first-order valence-electron chi connectivity index (χ1n) is 10.8. The van der Waals surface area contributed by atoms with Crippen LogP contribution in [0.5, 0.6) is 0 Å². The Bertz CT molecular complexity index is 1140. The number of thiocarbonyl (C=S) groups is 1. The molecular formula is C23H23F3N4O3S. The number of hydrogen-bond acceptors (Lipinski definition) is 6. The lowest BCUT2D eigenvalue weighted by Gasteiger charge is -2.15. The Morgan fingerprint density at radius 1 is 1.12 bits per heavy atom. The number of carbonyl (C=O) groups excluding carboxylic acids is 1. The molecule has 2 aliphatic rings. The van der Waals surface area contributed by atoms with Crippen molar-refractivity contribution in [3.8, 4) is 0 Å². The standard InChI is InChI=1S/C23H23F3N4O3S/c24-17-11-15(30-13-16(33-23(30)32)12-27-22(34)21(25)26)5-6-18(17)28-14-3-7-19(20(31)8-4-14)29-9-1-2-10-29/h3-8,11,16,21,28H,1-2,9-10,12-13H2,(H,27,34)/t16-/m0/s1. The summed E-state index contributed by atoms with van der Waals surface area (Å²) < 4.78 is 45.0. The number of anilines is 4. The number of alkyl halides is 2. The van der Waals surface area contributed by atoms with Crippen LogP contribution in [0, 0.1) is 5.82 Å². The number of nitrogens with one attached hydrogen (secondary N) is 2. The summed E-state index contributed by atoms with van der Waals surface area (Å²) in [6.07, 6.45) is -2.11. The second-order valence-electron chi connectivity index (χ2n) is 8.02. The number of benzene rings is 1. The second-order valence-corrected chi connectivity index (χ2v) is 8.46. The van der Waals surface area contributed by atoms with Crippen molar-refractivity contribution < 1.29 is 22.7 Å². The first-order chi connectivity index (χ1) is 16.3. The zero-order valence-corrected chi connectivity index (χ0v) is 18.9. The van der Waals surface area contributed by atoms with Crippen molar-refractivity contribution in [2.24, 2.45) is 0 Å². The number of rotatable bonds is 7. The van der Waals surface area contributed by atoms with Gasteiger partial charge in [-0.1, -0.05) is 12.2 Å². The molecule has 7 nitrogen and oxygen atoms in total. The van der Waals surface area contributed by atoms with Crippen LogP contribution in [0.25, 0.3) is 0 Å². The third kappa shape index (κ3) is 5.41. The molecule has 2 saturated heterocycles. The zero-order valence-electron chi connectivity index (χ0n) is 18.1. The molecule has 34 heavy (non-hydrogen) atoms. The van der Waals surface area contributed by atoms with Crippen LogP contribution in [0.4, 0.5) is 40.7 Å². The third-order valence-electron chi connectivity index (χ3n) is 5.65. The lowest BCUT2D eigenvalue weighted by molar-refractivity contribution is 0.142. The summed E-state index contributed by atoms with van der Waals surface area (Å²) in [6, 6.07) is 10.7. The Labute approximate surface area is 199 Å². The molecule has 180 valence electrons. The van der Waals surface area contributed by atoms with Gasteiger partial charge in [0.05, 0.1) is 30.2 Å². The van der Waals surface area contributed by atoms with E-state index in [1.165, 1.54) is 23.1 Å². The number of cyclic esters (lactones) is 1. The van der Waals surface area contributed by atoms with Crippen molar-refractivity contribution in [2.75, 3.05) is 41.3 Å². The van der Waals surface area contributed by atoms with Crippen molar-refractivity contribution >= 4 is 46.0 Å². The topological polar surface area (TPSA) is 73.9 Å². The summed E-state index contributed by atoms with van der Waals surface area (Å²) in [5, 5.41) is 5.32. The molecule has 4 rings (SSSR count). The van der Waals surface area contributed by atoms with Gasteiger partial charge in [0, 0.05) is 18.8 Å². The van der Waals surface area contributed by atoms with E-state index in [9.17, 15) is 22.8 Å². The summed E-state index contributed by atoms with van der Waals surface area (Å²) in [6.45, 7) is 1.67. The fraction of sp³-hybridized carbons (Fsp3) is 0.348. The Morgan fingerprint density at radius 3 is 2.56 bits per heavy atom. The van der Waals surface area contributed by atoms with Gasteiger partial charge >= 0.3 is 6.09 Å². The first-order valence-corrected chi connectivity index (χ1v) is 11.2. The van der Waals surface area contributed by atoms with Gasteiger partial charge in [-0.15, -0.1) is 0 Å². The smallest absolute Gasteiger partial charge is 0.414 e. The number of carbonyl (C=O) groups is 1. The molecule has 2 heterocycles. The van der Waals surface area contributed by atoms with E-state index in [1.54, 1.807) is 24.3 Å². The molecule has 2 fully saturated rings. The highest BCUT2D eigenvalue weighted by atomic mass is 32.1. The minimum atomic E-state index is -2.80. The summed E-state index contributed by atoms with van der Waals surface area (Å²) >= 11 is 4.51. The van der Waals surface area contributed by atoms with Gasteiger partial charge in [-0.2, -0.15) is 0 Å². The predicted octanol–water partition coefficient (Wildman–Crippen LogP) is 4.04. The van der Waals surface area contributed by atoms with Crippen molar-refractivity contribution in [3.05, 3.63) is 58.5 Å². The van der Waals surface area contributed by atoms with Crippen molar-refractivity contribution in [1.82, 2.24) is 5.32 Å². The van der Waals surface area contributed by atoms with Crippen LogP contribution in [0.15, 0.2) is 47.3 Å². The average Bonchev–Trinajstić information content (AvgIpc) is 3.42. The maximum absolute atomic E-state index is 14.8. The maximum Gasteiger partial charge on any atom is 0.414 e. The van der Waals surface area contributed by atoms with E-state index in [4.69, 9.17) is 4.74 Å². The molecule has 0 unspecified atom stereocenters. The second kappa shape index (κ2) is 10.3. The monoisotopic (exact) mass is 492 g/mol. The number of ether oxygens (including phenoxy) is 1. The summed E-state index contributed by atoms with van der Waals surface area (Å²) in [4.78, 5) is 27.2. The van der Waals surface area contributed by atoms with Gasteiger partial charge in [0.1, 0.15) is 16.9 Å². The molecule has 0 radical (unpaired) electrons. The summed E-state index contributed by atoms with van der Waals surface area (Å²) in [5.41, 5.74) is 1.49. The molecule has 1 amide bonds. The molecule has 0 bridgehead atoms. The van der Waals surface area contributed by atoms with E-state index >= 15 is 0 Å². The molecule has 2 aromatic carbocycles. The van der Waals surface area contributed by atoms with E-state index in [2.05, 4.69) is 22.9 Å². The quantitative estimate of drug-likeness (QED) is 0.566. The van der Waals surface area contributed by atoms with Gasteiger partial charge in [-0.05, 0) is 55.3 Å². The highest BCUT2D eigenvalue weighted by Gasteiger charge is 2.33. The highest BCUT2D eigenvalue weighted by molar-refractivity contribution is 7.80. The minimum absolute atomic E-state index is 0.0595. The Balaban J connectivity index is 1.43. The van der Waals surface area contributed by atoms with E-state index < -0.39 is 29.4 Å². The molecule has 0 aromatic heterocycles. The first kappa shape index (κ1) is 23.8. The normalized spacial score (nSPS) is 17.8. The molecular weight excluding hydrogens is 469 g/mol. The van der Waals surface area contributed by atoms with E-state index in [1.807, 2.05) is 4.90 Å². The lowest BCUT2D eigenvalue weighted by Crippen LogP contribution is -2.36. The summed E-state index contributed by atoms with van der Waals surface area (Å²) in [7, 11) is 0. The molecule has 2 aromatic rings. The van der Waals surface area contributed by atoms with Crippen LogP contribution >= 0.6 is 12.2 Å². The molecule has 2 aliphatic heterocycles. The zero-order chi connectivity index (χ0) is 24.2. The van der Waals surface area contributed by atoms with Gasteiger partial charge < -0.3 is 20.3 Å². The minimum Gasteiger partial charge on any atom is -0.442 e. The fourth-order valence-electron chi connectivity index (χ4n) is 3.92. The maximum atomic E-state index is 14.8. The van der Waals surface area contributed by atoms with Crippen LogP contribution in [0.2, 0.25) is 0 Å². The average molecular weight is 493 g/mol. The molecule has 1 atom stereocenters. The van der Waals surface area contributed by atoms with Gasteiger partial charge in [-0.25, -0.2) is 18.0 Å². The third-order valence-corrected chi connectivity index (χ3v) is 5.98. The van der Waals surface area contributed by atoms with Gasteiger partial charge in [0.25, 0.3) is 6.43 Å². The summed E-state index contributed by atoms with van der Waals surface area (Å²) in [5.74, 6) is -0.612. The van der Waals surface area contributed by atoms with Gasteiger partial charge in [0.15, 0.2) is 0 Å². The Hall–Kier alpha value is -3.34. The Kier molecular flexibility index (Phi) is 7.20. The SMILES string of the molecule is O=C1O[C@@H](CNC(=S)C(F)F)CN1c1ccc(Nc2ccc(N3CCCC3)c(=O)cc2)c(F)c1. The molecule has 0 spiro atoms. The number of halogens is 3. The van der Waals surface area contributed by atoms with Crippen LogP contribution < -0.4 is 25.9 Å². The number of nitrogens with zero attached hydrogens (tertiary/aromatic N) is 2. The predicted molar refractivity (Wildman–Crippen MR) is 128 cm³/mol. The Morgan fingerprint density at radius 2 is 1.85 bits per heavy atom. The molecule has 0 aliphatic carbocycles. The van der Waals surface area contributed by atoms with Crippen molar-refractivity contribution in [3.63, 3.8) is 0 Å². The van der Waals surface area contributed by atoms with Crippen molar-refractivity contribution in [2.45, 2.75) is 25.4 Å². The van der Waals surface area contributed by atoms with E-state index in [0.29, 0.717) is 11.4 Å². The van der Waals surface area contributed by atoms with E-state index in [0.717, 1.165) is 25.9 Å². The number of amides is 1. The van der Waals surface area contributed by atoms with Crippen LogP contribution in [0.1, 0.15) is 12.8 Å². The van der Waals surface area contributed by atoms with Crippen molar-refractivity contribution in [1.29, 1.82) is 0 Å². The van der Waals surface area contributed by atoms with Crippen LogP contribution in [-0.4, -0.2) is 49.8 Å². The molecule has 0 saturated carbocycles. The lowest BCUT2D eigenvalue weighted by atomic mass is 10.2. The molecule has 11 heteroatoms. The van der Waals surface area contributed by atoms with Crippen LogP contribution in [0.3, 0.4) is 0 Å².